The number of rotatable bonds is 7. The molecule has 1 saturated heterocycles. The maximum atomic E-state index is 13.8. The minimum Gasteiger partial charge on any atom is -0.336 e. The molecule has 1 aliphatic carbocycles. The van der Waals surface area contributed by atoms with Crippen LogP contribution in [0.25, 0.3) is 10.9 Å². The van der Waals surface area contributed by atoms with Crippen LogP contribution < -0.4 is 10.6 Å². The molecule has 3 heterocycles. The predicted octanol–water partition coefficient (Wildman–Crippen LogP) is 3.08. The molecule has 212 valence electrons. The van der Waals surface area contributed by atoms with E-state index in [9.17, 15) is 32.8 Å². The normalized spacial score (nSPS) is 22.2. The summed E-state index contributed by atoms with van der Waals surface area (Å²) >= 11 is 0. The summed E-state index contributed by atoms with van der Waals surface area (Å²) in [5, 5.41) is 15.2. The maximum Gasteiger partial charge on any atom is 0.471 e. The lowest BCUT2D eigenvalue weighted by Crippen LogP contribution is -2.57. The third-order valence-corrected chi connectivity index (χ3v) is 8.17. The molecule has 5 atom stereocenters. The van der Waals surface area contributed by atoms with Crippen molar-refractivity contribution in [2.45, 2.75) is 44.6 Å². The van der Waals surface area contributed by atoms with Crippen LogP contribution >= 0.6 is 0 Å². The molecule has 2 unspecified atom stereocenters. The van der Waals surface area contributed by atoms with Gasteiger partial charge in [0.1, 0.15) is 18.1 Å². The molecule has 1 aliphatic heterocycles. The summed E-state index contributed by atoms with van der Waals surface area (Å²) < 4.78 is 39.5. The van der Waals surface area contributed by atoms with Gasteiger partial charge < -0.3 is 15.5 Å². The van der Waals surface area contributed by atoms with Gasteiger partial charge in [0.05, 0.1) is 11.6 Å². The Morgan fingerprint density at radius 2 is 1.85 bits per heavy atom. The van der Waals surface area contributed by atoms with Crippen molar-refractivity contribution in [3.8, 4) is 6.07 Å². The molecule has 41 heavy (non-hydrogen) atoms. The van der Waals surface area contributed by atoms with E-state index >= 15 is 0 Å². The number of carbonyl (C=O) groups excluding carboxylic acids is 3. The fraction of sp³-hybridized carbons (Fsp3) is 0.379. The van der Waals surface area contributed by atoms with Gasteiger partial charge in [0.15, 0.2) is 0 Å². The molecule has 9 nitrogen and oxygen atoms in total. The highest BCUT2D eigenvalue weighted by Crippen LogP contribution is 2.65. The van der Waals surface area contributed by atoms with Gasteiger partial charge in [0, 0.05) is 42.5 Å². The van der Waals surface area contributed by atoms with Gasteiger partial charge in [-0.2, -0.15) is 18.4 Å². The van der Waals surface area contributed by atoms with E-state index in [0.29, 0.717) is 22.0 Å². The SMILES string of the molecule is CC1(C)[C@@H]2[C@@H](C(=O)NC(C#N)c3cncc4cccnc34)N(C(=O)C(Cc3ccccc3)NC(=O)C(F)(F)F)C[C@@H]21. The highest BCUT2D eigenvalue weighted by molar-refractivity contribution is 5.95. The van der Waals surface area contributed by atoms with Crippen molar-refractivity contribution in [1.29, 1.82) is 5.26 Å². The first-order valence-corrected chi connectivity index (χ1v) is 13.0. The second-order valence-electron chi connectivity index (χ2n) is 11.0. The Hall–Kier alpha value is -4.53. The van der Waals surface area contributed by atoms with E-state index in [1.807, 2.05) is 19.2 Å². The zero-order valence-corrected chi connectivity index (χ0v) is 22.2. The molecule has 2 N–H and O–H groups in total. The molecular formula is C29H27F3N6O3. The number of hydrogen-bond acceptors (Lipinski definition) is 6. The van der Waals surface area contributed by atoms with Crippen LogP contribution in [0.3, 0.4) is 0 Å². The highest BCUT2D eigenvalue weighted by atomic mass is 19.4. The summed E-state index contributed by atoms with van der Waals surface area (Å²) in [6.07, 6.45) is -0.813. The lowest BCUT2D eigenvalue weighted by molar-refractivity contribution is -0.175. The smallest absolute Gasteiger partial charge is 0.336 e. The third-order valence-electron chi connectivity index (χ3n) is 8.17. The highest BCUT2D eigenvalue weighted by Gasteiger charge is 2.69. The Morgan fingerprint density at radius 3 is 2.54 bits per heavy atom. The molecule has 1 aromatic carbocycles. The topological polar surface area (TPSA) is 128 Å². The van der Waals surface area contributed by atoms with E-state index in [0.717, 1.165) is 0 Å². The van der Waals surface area contributed by atoms with E-state index in [4.69, 9.17) is 0 Å². The lowest BCUT2D eigenvalue weighted by atomic mass is 9.97. The molecule has 3 amide bonds. The fourth-order valence-electron chi connectivity index (χ4n) is 5.94. The number of hydrogen-bond donors (Lipinski definition) is 2. The van der Waals surface area contributed by atoms with Crippen molar-refractivity contribution >= 4 is 28.6 Å². The number of piperidine rings is 1. The summed E-state index contributed by atoms with van der Waals surface area (Å²) in [6, 6.07) is 10.1. The molecule has 2 aliphatic rings. The van der Waals surface area contributed by atoms with Crippen LogP contribution in [-0.4, -0.2) is 57.4 Å². The molecule has 2 aromatic heterocycles. The molecule has 0 radical (unpaired) electrons. The van der Waals surface area contributed by atoms with Crippen LogP contribution in [0.2, 0.25) is 0 Å². The summed E-state index contributed by atoms with van der Waals surface area (Å²) in [7, 11) is 0. The number of nitriles is 1. The molecule has 2 fully saturated rings. The number of amides is 3. The van der Waals surface area contributed by atoms with Gasteiger partial charge in [-0.05, 0) is 34.9 Å². The number of nitrogens with one attached hydrogen (secondary N) is 2. The van der Waals surface area contributed by atoms with Crippen LogP contribution in [-0.2, 0) is 20.8 Å². The van der Waals surface area contributed by atoms with Gasteiger partial charge >= 0.3 is 12.1 Å². The molecule has 0 bridgehead atoms. The van der Waals surface area contributed by atoms with Gasteiger partial charge in [0.2, 0.25) is 11.8 Å². The largest absolute Gasteiger partial charge is 0.471 e. The number of pyridine rings is 2. The standard InChI is InChI=1S/C29H27F3N6O3/c1-28(2)19-15-38(26(40)20(37-27(41)29(30,31)32)11-16-7-4-3-5-8-16)24(22(19)28)25(39)36-21(12-33)18-14-34-13-17-9-6-10-35-23(17)18/h3-10,13-14,19-22,24H,11,15H2,1-2H3,(H,36,39)(H,37,41)/t19-,20?,21?,22-,24-/m0/s1. The van der Waals surface area contributed by atoms with E-state index in [1.54, 1.807) is 54.9 Å². The minimum absolute atomic E-state index is 0.0701. The van der Waals surface area contributed by atoms with E-state index in [1.165, 1.54) is 11.1 Å². The fourth-order valence-corrected chi connectivity index (χ4v) is 5.94. The molecule has 12 heteroatoms. The van der Waals surface area contributed by atoms with E-state index < -0.39 is 42.0 Å². The predicted molar refractivity (Wildman–Crippen MR) is 140 cm³/mol. The summed E-state index contributed by atoms with van der Waals surface area (Å²) in [5.74, 6) is -3.99. The van der Waals surface area contributed by atoms with Gasteiger partial charge in [-0.15, -0.1) is 0 Å². The summed E-state index contributed by atoms with van der Waals surface area (Å²) in [6.45, 7) is 4.05. The third kappa shape index (κ3) is 5.31. The van der Waals surface area contributed by atoms with Crippen molar-refractivity contribution in [3.63, 3.8) is 0 Å². The second kappa shape index (κ2) is 10.5. The molecular weight excluding hydrogens is 537 g/mol. The Bertz CT molecular complexity index is 1530. The van der Waals surface area contributed by atoms with Crippen LogP contribution in [0.15, 0.2) is 61.1 Å². The van der Waals surface area contributed by atoms with Crippen molar-refractivity contribution in [1.82, 2.24) is 25.5 Å². The average Bonchev–Trinajstić information content (AvgIpc) is 3.27. The Balaban J connectivity index is 1.43. The number of alkyl halides is 3. The van der Waals surface area contributed by atoms with Crippen molar-refractivity contribution in [2.24, 2.45) is 17.3 Å². The van der Waals surface area contributed by atoms with Gasteiger partial charge in [-0.1, -0.05) is 44.2 Å². The number of likely N-dealkylation sites (tertiary alicyclic amines) is 1. The van der Waals surface area contributed by atoms with Crippen molar-refractivity contribution in [3.05, 3.63) is 72.2 Å². The maximum absolute atomic E-state index is 13.8. The number of halogens is 3. The first-order valence-electron chi connectivity index (χ1n) is 13.0. The number of aromatic nitrogens is 2. The van der Waals surface area contributed by atoms with Crippen molar-refractivity contribution in [2.75, 3.05) is 6.54 Å². The van der Waals surface area contributed by atoms with Crippen LogP contribution in [0, 0.1) is 28.6 Å². The number of carbonyl (C=O) groups is 3. The first-order chi connectivity index (χ1) is 19.4. The minimum atomic E-state index is -5.19. The molecule has 1 saturated carbocycles. The van der Waals surface area contributed by atoms with Crippen LogP contribution in [0.5, 0.6) is 0 Å². The van der Waals surface area contributed by atoms with Crippen molar-refractivity contribution < 1.29 is 27.6 Å². The molecule has 5 rings (SSSR count). The Kier molecular flexibility index (Phi) is 7.15. The van der Waals surface area contributed by atoms with Gasteiger partial charge in [-0.3, -0.25) is 24.4 Å². The summed E-state index contributed by atoms with van der Waals surface area (Å²) in [5.41, 5.74) is 1.10. The first kappa shape index (κ1) is 28.0. The Morgan fingerprint density at radius 1 is 1.12 bits per heavy atom. The summed E-state index contributed by atoms with van der Waals surface area (Å²) in [4.78, 5) is 49.1. The monoisotopic (exact) mass is 564 g/mol. The Labute approximate surface area is 233 Å². The second-order valence-corrected chi connectivity index (χ2v) is 11.0. The number of benzene rings is 1. The average molecular weight is 565 g/mol. The van der Waals surface area contributed by atoms with Crippen LogP contribution in [0.1, 0.15) is 31.0 Å². The van der Waals surface area contributed by atoms with E-state index in [-0.39, 0.29) is 30.2 Å². The zero-order chi connectivity index (χ0) is 29.5. The number of nitrogens with zero attached hydrogens (tertiary/aromatic N) is 4. The lowest BCUT2D eigenvalue weighted by Gasteiger charge is -2.33. The van der Waals surface area contributed by atoms with Crippen LogP contribution in [0.4, 0.5) is 13.2 Å². The van der Waals surface area contributed by atoms with Gasteiger partial charge in [0.25, 0.3) is 0 Å². The van der Waals surface area contributed by atoms with E-state index in [2.05, 4.69) is 21.4 Å². The molecule has 3 aromatic rings. The molecule has 0 spiro atoms. The quantitative estimate of drug-likeness (QED) is 0.454. The number of fused-ring (bicyclic) bond motifs is 2. The zero-order valence-electron chi connectivity index (χ0n) is 22.2. The van der Waals surface area contributed by atoms with Gasteiger partial charge in [-0.25, -0.2) is 0 Å².